The molecule has 0 aromatic carbocycles. The molecule has 0 aliphatic carbocycles. The summed E-state index contributed by atoms with van der Waals surface area (Å²) in [7, 11) is 0. The minimum atomic E-state index is -1.00. The summed E-state index contributed by atoms with van der Waals surface area (Å²) in [4.78, 5) is 19.4. The molecule has 0 bridgehead atoms. The number of thiol groups is 1. The van der Waals surface area contributed by atoms with Crippen molar-refractivity contribution in [3.63, 3.8) is 0 Å². The second-order valence-corrected chi connectivity index (χ2v) is 2.58. The lowest BCUT2D eigenvalue weighted by Crippen LogP contribution is -2.31. The van der Waals surface area contributed by atoms with E-state index in [1.54, 1.807) is 0 Å². The van der Waals surface area contributed by atoms with Gasteiger partial charge in [0.1, 0.15) is 6.04 Å². The molecule has 4 N–H and O–H groups in total. The Balaban J connectivity index is 0. The maximum atomic E-state index is 9.76. The fraction of sp³-hybridized carbons (Fsp3) is 0.429. The predicted molar refractivity (Wildman–Crippen MR) is 51.9 cm³/mol. The molecule has 1 atom stereocenters. The van der Waals surface area contributed by atoms with Gasteiger partial charge in [-0.1, -0.05) is 6.58 Å². The molecule has 0 aliphatic rings. The molecule has 0 unspecified atom stereocenters. The summed E-state index contributed by atoms with van der Waals surface area (Å²) in [6.45, 7) is 4.60. The number of hydrogen-bond donors (Lipinski definition) is 4. The number of nitrogens with two attached hydrogens (primary N) is 1. The highest BCUT2D eigenvalue weighted by Gasteiger charge is 2.06. The van der Waals surface area contributed by atoms with Crippen LogP contribution in [0.2, 0.25) is 0 Å². The summed E-state index contributed by atoms with van der Waals surface area (Å²) in [5.74, 6) is -1.75. The standard InChI is InChI=1S/C4H6O2.C3H7NO2S/c1-3(2)4(5)6;4-2(1-7)3(5)6/h1H2,2H3,(H,5,6);2,7H,1,4H2,(H,5,6)/t;2-/m.0/s1. The molecule has 0 aliphatic heterocycles. The summed E-state index contributed by atoms with van der Waals surface area (Å²) in [6, 6.07) is -0.816. The van der Waals surface area contributed by atoms with Gasteiger partial charge in [0.05, 0.1) is 0 Å². The molecule has 13 heavy (non-hydrogen) atoms. The lowest BCUT2D eigenvalue weighted by Gasteiger charge is -1.96. The van der Waals surface area contributed by atoms with Crippen LogP contribution >= 0.6 is 12.6 Å². The molecule has 0 rings (SSSR count). The van der Waals surface area contributed by atoms with Crippen molar-refractivity contribution in [3.05, 3.63) is 12.2 Å². The first-order valence-corrected chi connectivity index (χ1v) is 3.94. The topological polar surface area (TPSA) is 101 Å². The zero-order valence-corrected chi connectivity index (χ0v) is 8.12. The number of carboxylic acid groups (broad SMARTS) is 2. The number of aliphatic carboxylic acids is 2. The maximum absolute atomic E-state index is 9.76. The lowest BCUT2D eigenvalue weighted by molar-refractivity contribution is -0.138. The van der Waals surface area contributed by atoms with Crippen molar-refractivity contribution in [3.8, 4) is 0 Å². The first-order chi connectivity index (χ1) is 5.82. The normalized spacial score (nSPS) is 10.7. The summed E-state index contributed by atoms with van der Waals surface area (Å²) in [6.07, 6.45) is 0. The molecular formula is C7H13NO4S. The van der Waals surface area contributed by atoms with Crippen LogP contribution in [0.25, 0.3) is 0 Å². The first kappa shape index (κ1) is 14.5. The van der Waals surface area contributed by atoms with Crippen LogP contribution < -0.4 is 5.73 Å². The van der Waals surface area contributed by atoms with E-state index in [9.17, 15) is 9.59 Å². The van der Waals surface area contributed by atoms with Gasteiger partial charge in [-0.15, -0.1) is 0 Å². The van der Waals surface area contributed by atoms with E-state index in [0.29, 0.717) is 0 Å². The molecule has 76 valence electrons. The number of carbonyl (C=O) groups is 2. The van der Waals surface area contributed by atoms with E-state index in [2.05, 4.69) is 19.2 Å². The molecule has 0 heterocycles. The lowest BCUT2D eigenvalue weighted by atomic mass is 10.4. The molecule has 0 amide bonds. The number of rotatable bonds is 3. The van der Waals surface area contributed by atoms with E-state index in [0.717, 1.165) is 0 Å². The van der Waals surface area contributed by atoms with Crippen LogP contribution in [0.3, 0.4) is 0 Å². The van der Waals surface area contributed by atoms with Gasteiger partial charge in [-0.3, -0.25) is 4.79 Å². The van der Waals surface area contributed by atoms with Crippen molar-refractivity contribution in [1.29, 1.82) is 0 Å². The van der Waals surface area contributed by atoms with E-state index in [1.165, 1.54) is 6.92 Å². The smallest absolute Gasteiger partial charge is 0.330 e. The van der Waals surface area contributed by atoms with Crippen LogP contribution in [-0.2, 0) is 9.59 Å². The minimum absolute atomic E-state index is 0.176. The third kappa shape index (κ3) is 11.0. The van der Waals surface area contributed by atoms with Crippen molar-refractivity contribution in [2.45, 2.75) is 13.0 Å². The van der Waals surface area contributed by atoms with E-state index < -0.39 is 18.0 Å². The Bertz CT molecular complexity index is 193. The molecule has 0 aromatic rings. The molecule has 0 saturated heterocycles. The van der Waals surface area contributed by atoms with E-state index >= 15 is 0 Å². The Morgan fingerprint density at radius 1 is 1.54 bits per heavy atom. The van der Waals surface area contributed by atoms with E-state index in [-0.39, 0.29) is 11.3 Å². The summed E-state index contributed by atoms with van der Waals surface area (Å²) >= 11 is 3.65. The van der Waals surface area contributed by atoms with Crippen molar-refractivity contribution in [2.24, 2.45) is 5.73 Å². The minimum Gasteiger partial charge on any atom is -0.480 e. The van der Waals surface area contributed by atoms with E-state index in [1.807, 2.05) is 0 Å². The Kier molecular flexibility index (Phi) is 8.52. The quantitative estimate of drug-likeness (QED) is 0.385. The Morgan fingerprint density at radius 2 is 1.85 bits per heavy atom. The maximum Gasteiger partial charge on any atom is 0.330 e. The van der Waals surface area contributed by atoms with Gasteiger partial charge in [-0.25, -0.2) is 4.79 Å². The van der Waals surface area contributed by atoms with Crippen molar-refractivity contribution in [2.75, 3.05) is 5.75 Å². The van der Waals surface area contributed by atoms with Crippen LogP contribution in [0.4, 0.5) is 0 Å². The van der Waals surface area contributed by atoms with Crippen LogP contribution in [0.5, 0.6) is 0 Å². The van der Waals surface area contributed by atoms with Gasteiger partial charge in [0.15, 0.2) is 0 Å². The SMILES string of the molecule is C=C(C)C(=O)O.N[C@@H](CS)C(=O)O. The van der Waals surface area contributed by atoms with Gasteiger partial charge >= 0.3 is 11.9 Å². The highest BCUT2D eigenvalue weighted by Crippen LogP contribution is 1.81. The third-order valence-corrected chi connectivity index (χ3v) is 1.27. The van der Waals surface area contributed by atoms with Crippen molar-refractivity contribution in [1.82, 2.24) is 0 Å². The van der Waals surface area contributed by atoms with Crippen LogP contribution in [0.15, 0.2) is 12.2 Å². The highest BCUT2D eigenvalue weighted by molar-refractivity contribution is 7.80. The Hall–Kier alpha value is -1.01. The molecule has 0 saturated carbocycles. The fourth-order valence-electron chi connectivity index (χ4n) is 0.0781. The summed E-state index contributed by atoms with van der Waals surface area (Å²) < 4.78 is 0. The van der Waals surface area contributed by atoms with Gasteiger partial charge in [0.25, 0.3) is 0 Å². The monoisotopic (exact) mass is 207 g/mol. The summed E-state index contributed by atoms with van der Waals surface area (Å²) in [5, 5.41) is 15.9. The second-order valence-electron chi connectivity index (χ2n) is 2.21. The largest absolute Gasteiger partial charge is 0.480 e. The third-order valence-electron chi connectivity index (χ3n) is 0.879. The van der Waals surface area contributed by atoms with Gasteiger partial charge in [0, 0.05) is 11.3 Å². The zero-order chi connectivity index (χ0) is 11.0. The van der Waals surface area contributed by atoms with Crippen molar-refractivity contribution >= 4 is 24.6 Å². The molecule has 0 fully saturated rings. The Morgan fingerprint density at radius 3 is 1.85 bits per heavy atom. The predicted octanol–water partition coefficient (Wildman–Crippen LogP) is -0.0248. The molecule has 5 nitrogen and oxygen atoms in total. The summed E-state index contributed by atoms with van der Waals surface area (Å²) in [5.41, 5.74) is 5.12. The molecule has 6 heteroatoms. The average molecular weight is 207 g/mol. The number of hydrogen-bond acceptors (Lipinski definition) is 4. The highest BCUT2D eigenvalue weighted by atomic mass is 32.1. The van der Waals surface area contributed by atoms with Gasteiger partial charge in [-0.2, -0.15) is 12.6 Å². The first-order valence-electron chi connectivity index (χ1n) is 3.31. The average Bonchev–Trinajstić information content (AvgIpc) is 2.03. The van der Waals surface area contributed by atoms with E-state index in [4.69, 9.17) is 15.9 Å². The van der Waals surface area contributed by atoms with Crippen LogP contribution in [0.1, 0.15) is 6.92 Å². The number of carboxylic acids is 2. The van der Waals surface area contributed by atoms with Crippen LogP contribution in [0, 0.1) is 0 Å². The van der Waals surface area contributed by atoms with Crippen molar-refractivity contribution < 1.29 is 19.8 Å². The second kappa shape index (κ2) is 7.63. The zero-order valence-electron chi connectivity index (χ0n) is 7.23. The van der Waals surface area contributed by atoms with Gasteiger partial charge < -0.3 is 15.9 Å². The van der Waals surface area contributed by atoms with Gasteiger partial charge in [-0.05, 0) is 6.92 Å². The molecule has 0 aromatic heterocycles. The Labute approximate surface area is 81.7 Å². The molecule has 0 radical (unpaired) electrons. The molecule has 0 spiro atoms. The van der Waals surface area contributed by atoms with Crippen LogP contribution in [-0.4, -0.2) is 33.9 Å². The van der Waals surface area contributed by atoms with Gasteiger partial charge in [0.2, 0.25) is 0 Å². The fourth-order valence-corrected chi connectivity index (χ4v) is 0.234. The molecular weight excluding hydrogens is 194 g/mol.